The van der Waals surface area contributed by atoms with Crippen LogP contribution in [0, 0.1) is 0 Å². The van der Waals surface area contributed by atoms with Crippen molar-refractivity contribution in [2.24, 2.45) is 7.05 Å². The van der Waals surface area contributed by atoms with Crippen LogP contribution < -0.4 is 10.1 Å². The molecule has 150 valence electrons. The molecule has 29 heavy (non-hydrogen) atoms. The normalized spacial score (nSPS) is 13.9. The molecule has 1 aromatic carbocycles. The number of amides is 1. The van der Waals surface area contributed by atoms with E-state index >= 15 is 0 Å². The molecule has 0 saturated heterocycles. The van der Waals surface area contributed by atoms with Gasteiger partial charge in [-0.2, -0.15) is 18.3 Å². The fourth-order valence-electron chi connectivity index (χ4n) is 2.71. The first-order valence-electron chi connectivity index (χ1n) is 8.96. The van der Waals surface area contributed by atoms with Crippen LogP contribution in [0.25, 0.3) is 11.4 Å². The Morgan fingerprint density at radius 2 is 1.86 bits per heavy atom. The molecule has 1 fully saturated rings. The summed E-state index contributed by atoms with van der Waals surface area (Å²) < 4.78 is 45.6. The van der Waals surface area contributed by atoms with Gasteiger partial charge >= 0.3 is 6.18 Å². The number of hydrogen-bond donors (Lipinski definition) is 1. The number of ether oxygens (including phenoxy) is 1. The molecule has 2 heterocycles. The number of alkyl halides is 3. The molecule has 2 aromatic heterocycles. The summed E-state index contributed by atoms with van der Waals surface area (Å²) in [6.45, 7) is 0. The van der Waals surface area contributed by atoms with Gasteiger partial charge in [-0.15, -0.1) is 0 Å². The van der Waals surface area contributed by atoms with Gasteiger partial charge in [0.2, 0.25) is 0 Å². The average molecular weight is 402 g/mol. The minimum atomic E-state index is -4.42. The third-order valence-electron chi connectivity index (χ3n) is 4.37. The van der Waals surface area contributed by atoms with Crippen molar-refractivity contribution in [3.63, 3.8) is 0 Å². The first-order valence-corrected chi connectivity index (χ1v) is 8.96. The van der Waals surface area contributed by atoms with E-state index in [4.69, 9.17) is 4.74 Å². The van der Waals surface area contributed by atoms with Gasteiger partial charge in [0.25, 0.3) is 5.91 Å². The van der Waals surface area contributed by atoms with E-state index in [1.165, 1.54) is 18.2 Å². The van der Waals surface area contributed by atoms with Crippen LogP contribution in [-0.4, -0.2) is 26.7 Å². The highest BCUT2D eigenvalue weighted by atomic mass is 19.4. The number of nitrogens with zero attached hydrogens (tertiary/aromatic N) is 3. The smallest absolute Gasteiger partial charge is 0.416 e. The molecule has 0 aliphatic heterocycles. The van der Waals surface area contributed by atoms with Crippen LogP contribution in [0.15, 0.2) is 48.7 Å². The Labute approximate surface area is 164 Å². The molecule has 3 aromatic rings. The minimum Gasteiger partial charge on any atom is -0.455 e. The van der Waals surface area contributed by atoms with Crippen molar-refractivity contribution < 1.29 is 22.7 Å². The molecule has 9 heteroatoms. The fourth-order valence-corrected chi connectivity index (χ4v) is 2.71. The summed E-state index contributed by atoms with van der Waals surface area (Å²) in [7, 11) is 1.74. The summed E-state index contributed by atoms with van der Waals surface area (Å²) in [4.78, 5) is 16.7. The van der Waals surface area contributed by atoms with Gasteiger partial charge in [-0.3, -0.25) is 9.48 Å². The van der Waals surface area contributed by atoms with Crippen molar-refractivity contribution in [3.8, 4) is 22.9 Å². The number of benzene rings is 1. The van der Waals surface area contributed by atoms with Gasteiger partial charge in [0, 0.05) is 19.3 Å². The van der Waals surface area contributed by atoms with Crippen LogP contribution in [0.1, 0.15) is 28.9 Å². The van der Waals surface area contributed by atoms with Gasteiger partial charge in [-0.1, -0.05) is 0 Å². The third kappa shape index (κ3) is 4.39. The van der Waals surface area contributed by atoms with Crippen molar-refractivity contribution >= 4 is 5.91 Å². The molecule has 0 unspecified atom stereocenters. The van der Waals surface area contributed by atoms with E-state index in [0.717, 1.165) is 25.0 Å². The Morgan fingerprint density at radius 1 is 1.14 bits per heavy atom. The zero-order valence-electron chi connectivity index (χ0n) is 15.4. The second-order valence-corrected chi connectivity index (χ2v) is 6.79. The molecule has 0 spiro atoms. The maximum absolute atomic E-state index is 12.7. The largest absolute Gasteiger partial charge is 0.455 e. The lowest BCUT2D eigenvalue weighted by Gasteiger charge is -2.12. The highest BCUT2D eigenvalue weighted by Crippen LogP contribution is 2.34. The van der Waals surface area contributed by atoms with Crippen molar-refractivity contribution in [2.75, 3.05) is 0 Å². The van der Waals surface area contributed by atoms with Crippen LogP contribution >= 0.6 is 0 Å². The van der Waals surface area contributed by atoms with Gasteiger partial charge in [0.05, 0.1) is 5.56 Å². The number of hydrogen-bond acceptors (Lipinski definition) is 4. The SMILES string of the molecule is Cn1ccc(-c2nc(C(=O)NC3CC3)ccc2Oc2ccc(C(F)(F)F)cc2)n1. The zero-order valence-corrected chi connectivity index (χ0v) is 15.4. The molecule has 4 rings (SSSR count). The van der Waals surface area contributed by atoms with Crippen molar-refractivity contribution in [1.82, 2.24) is 20.1 Å². The van der Waals surface area contributed by atoms with E-state index < -0.39 is 11.7 Å². The van der Waals surface area contributed by atoms with Gasteiger partial charge in [0.1, 0.15) is 22.8 Å². The van der Waals surface area contributed by atoms with Crippen LogP contribution in [0.3, 0.4) is 0 Å². The number of nitrogens with one attached hydrogen (secondary N) is 1. The number of halogens is 3. The molecule has 0 radical (unpaired) electrons. The maximum Gasteiger partial charge on any atom is 0.416 e. The van der Waals surface area contributed by atoms with Crippen molar-refractivity contribution in [3.05, 3.63) is 59.9 Å². The van der Waals surface area contributed by atoms with Crippen LogP contribution in [-0.2, 0) is 13.2 Å². The molecule has 1 aliphatic rings. The van der Waals surface area contributed by atoms with E-state index in [0.29, 0.717) is 11.4 Å². The first-order chi connectivity index (χ1) is 13.8. The lowest BCUT2D eigenvalue weighted by Crippen LogP contribution is -2.26. The van der Waals surface area contributed by atoms with Crippen molar-refractivity contribution in [2.45, 2.75) is 25.1 Å². The summed E-state index contributed by atoms with van der Waals surface area (Å²) >= 11 is 0. The summed E-state index contributed by atoms with van der Waals surface area (Å²) in [5.41, 5.74) is 0.266. The van der Waals surface area contributed by atoms with Crippen LogP contribution in [0.4, 0.5) is 13.2 Å². The zero-order chi connectivity index (χ0) is 20.6. The maximum atomic E-state index is 12.7. The Kier molecular flexibility index (Phi) is 4.73. The predicted molar refractivity (Wildman–Crippen MR) is 98.4 cm³/mol. The average Bonchev–Trinajstić information content (AvgIpc) is 3.39. The number of pyridine rings is 1. The summed E-state index contributed by atoms with van der Waals surface area (Å²) in [6, 6.07) is 9.34. The lowest BCUT2D eigenvalue weighted by atomic mass is 10.2. The third-order valence-corrected chi connectivity index (χ3v) is 4.37. The van der Waals surface area contributed by atoms with Gasteiger partial charge in [0.15, 0.2) is 5.75 Å². The molecule has 1 saturated carbocycles. The second kappa shape index (κ2) is 7.23. The van der Waals surface area contributed by atoms with Crippen LogP contribution in [0.5, 0.6) is 11.5 Å². The minimum absolute atomic E-state index is 0.186. The fraction of sp³-hybridized carbons (Fsp3) is 0.250. The quantitative estimate of drug-likeness (QED) is 0.695. The molecule has 0 bridgehead atoms. The second-order valence-electron chi connectivity index (χ2n) is 6.79. The summed E-state index contributed by atoms with van der Waals surface area (Å²) in [6.07, 6.45) is -0.798. The number of rotatable bonds is 5. The number of carbonyl (C=O) groups is 1. The van der Waals surface area contributed by atoms with Gasteiger partial charge in [-0.05, 0) is 55.3 Å². The molecular weight excluding hydrogens is 385 g/mol. The predicted octanol–water partition coefficient (Wildman–Crippen LogP) is 4.19. The highest BCUT2D eigenvalue weighted by molar-refractivity contribution is 5.93. The number of carbonyl (C=O) groups excluding carboxylic acids is 1. The lowest BCUT2D eigenvalue weighted by molar-refractivity contribution is -0.137. The van der Waals surface area contributed by atoms with E-state index in [2.05, 4.69) is 15.4 Å². The first kappa shape index (κ1) is 19.0. The van der Waals surface area contributed by atoms with E-state index in [1.807, 2.05) is 0 Å². The molecule has 1 N–H and O–H groups in total. The van der Waals surface area contributed by atoms with Crippen molar-refractivity contribution in [1.29, 1.82) is 0 Å². The molecular formula is C20H17F3N4O2. The highest BCUT2D eigenvalue weighted by Gasteiger charge is 2.30. The van der Waals surface area contributed by atoms with E-state index in [9.17, 15) is 18.0 Å². The molecule has 1 amide bonds. The Balaban J connectivity index is 1.65. The van der Waals surface area contributed by atoms with Gasteiger partial charge < -0.3 is 10.1 Å². The van der Waals surface area contributed by atoms with E-state index in [-0.39, 0.29) is 29.1 Å². The van der Waals surface area contributed by atoms with Crippen LogP contribution in [0.2, 0.25) is 0 Å². The summed E-state index contributed by atoms with van der Waals surface area (Å²) in [5, 5.41) is 7.17. The Hall–Kier alpha value is -3.36. The molecule has 0 atom stereocenters. The topological polar surface area (TPSA) is 69.0 Å². The monoisotopic (exact) mass is 402 g/mol. The number of aryl methyl sites for hydroxylation is 1. The summed E-state index contributed by atoms with van der Waals surface area (Å²) in [5.74, 6) is 0.212. The standard InChI is InChI=1S/C20H17F3N4O2/c1-27-11-10-15(26-27)18-17(9-8-16(25-18)19(28)24-13-4-5-13)29-14-6-2-12(3-7-14)20(21,22)23/h2-3,6-11,13H,4-5H2,1H3,(H,24,28). The van der Waals surface area contributed by atoms with E-state index in [1.54, 1.807) is 30.1 Å². The molecule has 6 nitrogen and oxygen atoms in total. The number of aromatic nitrogens is 3. The molecule has 1 aliphatic carbocycles. The van der Waals surface area contributed by atoms with Gasteiger partial charge in [-0.25, -0.2) is 4.98 Å². The Morgan fingerprint density at radius 3 is 2.45 bits per heavy atom. The Bertz CT molecular complexity index is 1040.